The molecule has 0 saturated carbocycles. The summed E-state index contributed by atoms with van der Waals surface area (Å²) in [5.74, 6) is 1.50. The summed E-state index contributed by atoms with van der Waals surface area (Å²) in [6.45, 7) is 6.78. The lowest BCUT2D eigenvalue weighted by Gasteiger charge is -2.33. The van der Waals surface area contributed by atoms with Gasteiger partial charge in [0.25, 0.3) is 0 Å². The van der Waals surface area contributed by atoms with Gasteiger partial charge in [0.05, 0.1) is 0 Å². The number of piperidine rings is 1. The quantitative estimate of drug-likeness (QED) is 0.851. The minimum absolute atomic E-state index is 0.716. The zero-order valence-electron chi connectivity index (χ0n) is 10.8. The molecule has 0 spiro atoms. The molecule has 0 radical (unpaired) electrons. The van der Waals surface area contributed by atoms with Crippen LogP contribution in [0.25, 0.3) is 0 Å². The molecule has 1 aromatic rings. The van der Waals surface area contributed by atoms with Gasteiger partial charge in [-0.3, -0.25) is 0 Å². The van der Waals surface area contributed by atoms with E-state index in [0.717, 1.165) is 17.5 Å². The number of hydrogen-bond donors (Lipinski definition) is 1. The normalized spacial score (nSPS) is 24.9. The summed E-state index contributed by atoms with van der Waals surface area (Å²) < 4.78 is 0. The van der Waals surface area contributed by atoms with Crippen molar-refractivity contribution in [1.82, 2.24) is 5.32 Å². The highest BCUT2D eigenvalue weighted by molar-refractivity contribution is 6.30. The first-order chi connectivity index (χ1) is 8.22. The van der Waals surface area contributed by atoms with Gasteiger partial charge in [0.15, 0.2) is 0 Å². The Morgan fingerprint density at radius 1 is 1.41 bits per heavy atom. The van der Waals surface area contributed by atoms with Gasteiger partial charge in [-0.2, -0.15) is 0 Å². The molecule has 1 nitrogen and oxygen atoms in total. The lowest BCUT2D eigenvalue weighted by atomic mass is 9.77. The molecule has 1 aliphatic rings. The average Bonchev–Trinajstić information content (AvgIpc) is 2.31. The number of nitrogens with one attached hydrogen (secondary N) is 1. The van der Waals surface area contributed by atoms with Crippen LogP contribution in [0, 0.1) is 12.8 Å². The molecule has 2 heteroatoms. The number of aryl methyl sites for hydroxylation is 1. The molecule has 1 N–H and O–H groups in total. The van der Waals surface area contributed by atoms with Crippen molar-refractivity contribution >= 4 is 11.6 Å². The van der Waals surface area contributed by atoms with Crippen molar-refractivity contribution in [1.29, 1.82) is 0 Å². The Kier molecular flexibility index (Phi) is 4.47. The molecule has 0 amide bonds. The van der Waals surface area contributed by atoms with Gasteiger partial charge in [0, 0.05) is 5.02 Å². The molecular formula is C15H22ClN. The molecule has 17 heavy (non-hydrogen) atoms. The fourth-order valence-electron chi connectivity index (χ4n) is 3.06. The van der Waals surface area contributed by atoms with Crippen molar-refractivity contribution < 1.29 is 0 Å². The van der Waals surface area contributed by atoms with Crippen LogP contribution >= 0.6 is 11.6 Å². The summed E-state index contributed by atoms with van der Waals surface area (Å²) in [5.41, 5.74) is 2.86. The molecule has 1 aromatic carbocycles. The van der Waals surface area contributed by atoms with Gasteiger partial charge < -0.3 is 5.32 Å². The maximum Gasteiger partial charge on any atom is 0.0408 e. The molecule has 0 bridgehead atoms. The smallest absolute Gasteiger partial charge is 0.0408 e. The Bertz CT molecular complexity index is 373. The number of hydrogen-bond acceptors (Lipinski definition) is 1. The lowest BCUT2D eigenvalue weighted by molar-refractivity contribution is 0.306. The third kappa shape index (κ3) is 3.02. The monoisotopic (exact) mass is 251 g/mol. The fourth-order valence-corrected chi connectivity index (χ4v) is 3.29. The van der Waals surface area contributed by atoms with Gasteiger partial charge >= 0.3 is 0 Å². The van der Waals surface area contributed by atoms with Gasteiger partial charge in [0.1, 0.15) is 0 Å². The van der Waals surface area contributed by atoms with Gasteiger partial charge in [0.2, 0.25) is 0 Å². The van der Waals surface area contributed by atoms with Crippen LogP contribution in [0.4, 0.5) is 0 Å². The first kappa shape index (κ1) is 12.9. The fraction of sp³-hybridized carbons (Fsp3) is 0.600. The predicted molar refractivity (Wildman–Crippen MR) is 74.8 cm³/mol. The summed E-state index contributed by atoms with van der Waals surface area (Å²) in [6, 6.07) is 6.37. The van der Waals surface area contributed by atoms with Gasteiger partial charge in [-0.15, -0.1) is 0 Å². The molecule has 2 rings (SSSR count). The lowest BCUT2D eigenvalue weighted by Crippen LogP contribution is -2.35. The topological polar surface area (TPSA) is 12.0 Å². The zero-order valence-corrected chi connectivity index (χ0v) is 11.6. The van der Waals surface area contributed by atoms with E-state index >= 15 is 0 Å². The second-order valence-corrected chi connectivity index (χ2v) is 5.59. The largest absolute Gasteiger partial charge is 0.316 e. The molecule has 1 aliphatic heterocycles. The summed E-state index contributed by atoms with van der Waals surface area (Å²) in [4.78, 5) is 0. The Labute approximate surface area is 110 Å². The minimum atomic E-state index is 0.716. The maximum absolute atomic E-state index is 6.04. The molecule has 1 saturated heterocycles. The summed E-state index contributed by atoms with van der Waals surface area (Å²) in [7, 11) is 0. The third-order valence-electron chi connectivity index (χ3n) is 3.90. The van der Waals surface area contributed by atoms with Crippen LogP contribution in [0.2, 0.25) is 5.02 Å². The van der Waals surface area contributed by atoms with E-state index in [9.17, 15) is 0 Å². The number of halogens is 1. The Balaban J connectivity index is 2.23. The molecule has 2 unspecified atom stereocenters. The van der Waals surface area contributed by atoms with Gasteiger partial charge in [-0.1, -0.05) is 31.0 Å². The van der Waals surface area contributed by atoms with E-state index < -0.39 is 0 Å². The minimum Gasteiger partial charge on any atom is -0.316 e. The van der Waals surface area contributed by atoms with Crippen LogP contribution < -0.4 is 5.32 Å². The van der Waals surface area contributed by atoms with E-state index in [4.69, 9.17) is 11.6 Å². The maximum atomic E-state index is 6.04. The van der Waals surface area contributed by atoms with Crippen LogP contribution in [0.3, 0.4) is 0 Å². The van der Waals surface area contributed by atoms with Gasteiger partial charge in [-0.25, -0.2) is 0 Å². The van der Waals surface area contributed by atoms with Crippen LogP contribution in [-0.4, -0.2) is 13.1 Å². The first-order valence-electron chi connectivity index (χ1n) is 6.69. The highest BCUT2D eigenvalue weighted by Crippen LogP contribution is 2.35. The Morgan fingerprint density at radius 2 is 2.24 bits per heavy atom. The number of benzene rings is 1. The second kappa shape index (κ2) is 5.88. The van der Waals surface area contributed by atoms with Crippen molar-refractivity contribution in [2.75, 3.05) is 13.1 Å². The highest BCUT2D eigenvalue weighted by atomic mass is 35.5. The van der Waals surface area contributed by atoms with E-state index in [2.05, 4.69) is 31.3 Å². The Hall–Kier alpha value is -0.530. The van der Waals surface area contributed by atoms with Crippen molar-refractivity contribution in [3.8, 4) is 0 Å². The molecule has 1 fully saturated rings. The molecule has 1 heterocycles. The van der Waals surface area contributed by atoms with E-state index in [-0.39, 0.29) is 0 Å². The highest BCUT2D eigenvalue weighted by Gasteiger charge is 2.26. The van der Waals surface area contributed by atoms with E-state index in [1.165, 1.54) is 36.9 Å². The average molecular weight is 252 g/mol. The van der Waals surface area contributed by atoms with Crippen LogP contribution in [0.1, 0.15) is 43.2 Å². The molecule has 0 aromatic heterocycles. The SMILES string of the molecule is CCCC1CNCCC1c1ccc(Cl)cc1C. The molecular weight excluding hydrogens is 230 g/mol. The van der Waals surface area contributed by atoms with Crippen LogP contribution in [0.15, 0.2) is 18.2 Å². The van der Waals surface area contributed by atoms with Crippen molar-refractivity contribution in [2.45, 2.75) is 39.0 Å². The number of rotatable bonds is 3. The van der Waals surface area contributed by atoms with Crippen molar-refractivity contribution in [3.63, 3.8) is 0 Å². The van der Waals surface area contributed by atoms with Crippen molar-refractivity contribution in [3.05, 3.63) is 34.3 Å². The van der Waals surface area contributed by atoms with E-state index in [0.29, 0.717) is 5.92 Å². The second-order valence-electron chi connectivity index (χ2n) is 5.15. The summed E-state index contributed by atoms with van der Waals surface area (Å²) >= 11 is 6.04. The van der Waals surface area contributed by atoms with E-state index in [1.807, 2.05) is 6.07 Å². The predicted octanol–water partition coefficient (Wildman–Crippen LogP) is 4.14. The molecule has 0 aliphatic carbocycles. The zero-order chi connectivity index (χ0) is 12.3. The summed E-state index contributed by atoms with van der Waals surface area (Å²) in [5, 5.41) is 4.38. The molecule has 2 atom stereocenters. The first-order valence-corrected chi connectivity index (χ1v) is 7.07. The third-order valence-corrected chi connectivity index (χ3v) is 4.13. The van der Waals surface area contributed by atoms with Crippen molar-refractivity contribution in [2.24, 2.45) is 5.92 Å². The standard InChI is InChI=1S/C15H22ClN/c1-3-4-12-10-17-8-7-15(12)14-6-5-13(16)9-11(14)2/h5-6,9,12,15,17H,3-4,7-8,10H2,1-2H3. The Morgan fingerprint density at radius 3 is 2.94 bits per heavy atom. The van der Waals surface area contributed by atoms with E-state index in [1.54, 1.807) is 0 Å². The van der Waals surface area contributed by atoms with Crippen LogP contribution in [-0.2, 0) is 0 Å². The summed E-state index contributed by atoms with van der Waals surface area (Å²) in [6.07, 6.45) is 3.85. The molecule has 94 valence electrons. The van der Waals surface area contributed by atoms with Crippen LogP contribution in [0.5, 0.6) is 0 Å². The van der Waals surface area contributed by atoms with Gasteiger partial charge in [-0.05, 0) is 68.0 Å².